The molecular weight excluding hydrogens is 264 g/mol. The van der Waals surface area contributed by atoms with Crippen molar-refractivity contribution in [2.24, 2.45) is 17.8 Å². The standard InChI is InChI=1S/C11H12F4O2.C2H6/c12-10(13)11(14,15)5-17-9(16)8-4-6-1-2-7(8)3-6;1-2/h1-2,6-8,10H,3-5H2;1-2H3. The van der Waals surface area contributed by atoms with Gasteiger partial charge in [-0.25, -0.2) is 8.78 Å². The topological polar surface area (TPSA) is 26.3 Å². The minimum atomic E-state index is -4.26. The van der Waals surface area contributed by atoms with Crippen molar-refractivity contribution in [3.8, 4) is 0 Å². The Balaban J connectivity index is 0.000000861. The predicted octanol–water partition coefficient (Wildman–Crippen LogP) is 3.67. The first-order valence-electron chi connectivity index (χ1n) is 6.41. The lowest BCUT2D eigenvalue weighted by Crippen LogP contribution is -2.35. The van der Waals surface area contributed by atoms with E-state index in [9.17, 15) is 22.4 Å². The zero-order valence-corrected chi connectivity index (χ0v) is 10.9. The highest BCUT2D eigenvalue weighted by Crippen LogP contribution is 2.44. The van der Waals surface area contributed by atoms with Gasteiger partial charge in [-0.15, -0.1) is 0 Å². The highest BCUT2D eigenvalue weighted by atomic mass is 19.3. The van der Waals surface area contributed by atoms with Crippen LogP contribution >= 0.6 is 0 Å². The summed E-state index contributed by atoms with van der Waals surface area (Å²) in [6, 6.07) is 0. The van der Waals surface area contributed by atoms with Gasteiger partial charge in [0.2, 0.25) is 0 Å². The Labute approximate surface area is 109 Å². The molecule has 19 heavy (non-hydrogen) atoms. The van der Waals surface area contributed by atoms with Crippen LogP contribution in [-0.4, -0.2) is 24.9 Å². The van der Waals surface area contributed by atoms with Crippen molar-refractivity contribution < 1.29 is 27.1 Å². The van der Waals surface area contributed by atoms with Crippen LogP contribution in [0.2, 0.25) is 0 Å². The van der Waals surface area contributed by atoms with Gasteiger partial charge in [0.25, 0.3) is 0 Å². The highest BCUT2D eigenvalue weighted by Gasteiger charge is 2.45. The normalized spacial score (nSPS) is 28.3. The lowest BCUT2D eigenvalue weighted by molar-refractivity contribution is -0.183. The van der Waals surface area contributed by atoms with E-state index >= 15 is 0 Å². The third-order valence-electron chi connectivity index (χ3n) is 3.31. The zero-order chi connectivity index (χ0) is 14.6. The molecule has 2 bridgehead atoms. The zero-order valence-electron chi connectivity index (χ0n) is 10.9. The van der Waals surface area contributed by atoms with Crippen LogP contribution in [-0.2, 0) is 9.53 Å². The Morgan fingerprint density at radius 1 is 1.32 bits per heavy atom. The third kappa shape index (κ3) is 3.70. The average Bonchev–Trinajstić information content (AvgIpc) is 3.00. The van der Waals surface area contributed by atoms with Crippen LogP contribution in [0.3, 0.4) is 0 Å². The number of halogens is 4. The third-order valence-corrected chi connectivity index (χ3v) is 3.31. The molecule has 2 rings (SSSR count). The second-order valence-corrected chi connectivity index (χ2v) is 4.56. The summed E-state index contributed by atoms with van der Waals surface area (Å²) in [5, 5.41) is 0. The summed E-state index contributed by atoms with van der Waals surface area (Å²) in [6.45, 7) is 2.46. The number of hydrogen-bond acceptors (Lipinski definition) is 2. The minimum absolute atomic E-state index is 0.0210. The van der Waals surface area contributed by atoms with E-state index in [1.165, 1.54) is 0 Å². The van der Waals surface area contributed by atoms with Gasteiger partial charge in [-0.2, -0.15) is 8.78 Å². The first-order chi connectivity index (χ1) is 8.90. The lowest BCUT2D eigenvalue weighted by Gasteiger charge is -2.19. The summed E-state index contributed by atoms with van der Waals surface area (Å²) in [5.41, 5.74) is 0. The van der Waals surface area contributed by atoms with Crippen LogP contribution < -0.4 is 0 Å². The Morgan fingerprint density at radius 3 is 2.37 bits per heavy atom. The molecule has 0 N–H and O–H groups in total. The van der Waals surface area contributed by atoms with E-state index in [2.05, 4.69) is 4.74 Å². The molecule has 0 saturated heterocycles. The number of ether oxygens (including phenoxy) is 1. The van der Waals surface area contributed by atoms with E-state index in [4.69, 9.17) is 0 Å². The van der Waals surface area contributed by atoms with E-state index in [0.717, 1.165) is 6.42 Å². The van der Waals surface area contributed by atoms with Crippen molar-refractivity contribution in [3.63, 3.8) is 0 Å². The molecule has 0 amide bonds. The first-order valence-corrected chi connectivity index (χ1v) is 6.41. The summed E-state index contributed by atoms with van der Waals surface area (Å²) in [5.74, 6) is -5.18. The molecule has 2 aliphatic rings. The smallest absolute Gasteiger partial charge is 0.340 e. The van der Waals surface area contributed by atoms with E-state index in [1.807, 2.05) is 26.0 Å². The summed E-state index contributed by atoms with van der Waals surface area (Å²) in [6.07, 6.45) is 1.44. The number of carbonyl (C=O) groups excluding carboxylic acids is 1. The van der Waals surface area contributed by atoms with Gasteiger partial charge in [0.05, 0.1) is 5.92 Å². The van der Waals surface area contributed by atoms with Gasteiger partial charge in [-0.1, -0.05) is 26.0 Å². The number of carbonyl (C=O) groups is 1. The number of hydrogen-bond donors (Lipinski definition) is 0. The van der Waals surface area contributed by atoms with Gasteiger partial charge in [0, 0.05) is 0 Å². The van der Waals surface area contributed by atoms with Crippen LogP contribution in [0.25, 0.3) is 0 Å². The predicted molar refractivity (Wildman–Crippen MR) is 62.1 cm³/mol. The van der Waals surface area contributed by atoms with Gasteiger partial charge in [-0.05, 0) is 24.7 Å². The maximum Gasteiger partial charge on any atom is 0.340 e. The molecule has 0 spiro atoms. The summed E-state index contributed by atoms with van der Waals surface area (Å²) < 4.78 is 53.1. The Hall–Kier alpha value is -1.07. The summed E-state index contributed by atoms with van der Waals surface area (Å²) in [4.78, 5) is 11.5. The number of fused-ring (bicyclic) bond motifs is 2. The molecule has 1 fully saturated rings. The highest BCUT2D eigenvalue weighted by molar-refractivity contribution is 5.74. The SMILES string of the molecule is CC.O=C(OCC(F)(F)C(F)F)C1CC2C=CC1C2. The van der Waals surface area contributed by atoms with Gasteiger partial charge in [0.1, 0.15) is 0 Å². The minimum Gasteiger partial charge on any atom is -0.459 e. The fourth-order valence-corrected chi connectivity index (χ4v) is 2.39. The van der Waals surface area contributed by atoms with Crippen molar-refractivity contribution >= 4 is 5.97 Å². The molecule has 3 atom stereocenters. The maximum absolute atomic E-state index is 12.5. The molecule has 110 valence electrons. The largest absolute Gasteiger partial charge is 0.459 e. The Kier molecular flexibility index (Phi) is 5.38. The molecular formula is C13H18F4O2. The second kappa shape index (κ2) is 6.39. The fraction of sp³-hybridized carbons (Fsp3) is 0.769. The molecule has 0 aromatic carbocycles. The van der Waals surface area contributed by atoms with Crippen molar-refractivity contribution in [2.45, 2.75) is 39.0 Å². The van der Waals surface area contributed by atoms with Crippen LogP contribution in [0.15, 0.2) is 12.2 Å². The van der Waals surface area contributed by atoms with Crippen molar-refractivity contribution in [1.29, 1.82) is 0 Å². The van der Waals surface area contributed by atoms with E-state index in [1.54, 1.807) is 0 Å². The molecule has 0 aliphatic heterocycles. The van der Waals surface area contributed by atoms with E-state index in [0.29, 0.717) is 12.3 Å². The van der Waals surface area contributed by atoms with Gasteiger partial charge >= 0.3 is 18.3 Å². The number of rotatable bonds is 4. The Bertz CT molecular complexity index is 342. The van der Waals surface area contributed by atoms with Crippen LogP contribution in [0.5, 0.6) is 0 Å². The maximum atomic E-state index is 12.5. The summed E-state index contributed by atoms with van der Waals surface area (Å²) >= 11 is 0. The molecule has 1 saturated carbocycles. The molecule has 2 aliphatic carbocycles. The number of alkyl halides is 4. The average molecular weight is 282 g/mol. The summed E-state index contributed by atoms with van der Waals surface area (Å²) in [7, 11) is 0. The number of esters is 1. The van der Waals surface area contributed by atoms with Crippen LogP contribution in [0, 0.1) is 17.8 Å². The molecule has 0 aromatic heterocycles. The first kappa shape index (κ1) is 16.0. The molecule has 0 aromatic rings. The van der Waals surface area contributed by atoms with Gasteiger partial charge < -0.3 is 4.74 Å². The van der Waals surface area contributed by atoms with Gasteiger partial charge in [0.15, 0.2) is 6.61 Å². The van der Waals surface area contributed by atoms with Crippen LogP contribution in [0.1, 0.15) is 26.7 Å². The lowest BCUT2D eigenvalue weighted by atomic mass is 9.94. The molecule has 0 radical (unpaired) electrons. The molecule has 0 heterocycles. The van der Waals surface area contributed by atoms with Crippen molar-refractivity contribution in [2.75, 3.05) is 6.61 Å². The number of allylic oxidation sites excluding steroid dienone is 2. The molecule has 3 unspecified atom stereocenters. The van der Waals surface area contributed by atoms with Crippen LogP contribution in [0.4, 0.5) is 17.6 Å². The molecule has 6 heteroatoms. The second-order valence-electron chi connectivity index (χ2n) is 4.56. The monoisotopic (exact) mass is 282 g/mol. The molecule has 2 nitrogen and oxygen atoms in total. The van der Waals surface area contributed by atoms with Crippen molar-refractivity contribution in [3.05, 3.63) is 12.2 Å². The Morgan fingerprint density at radius 2 is 1.95 bits per heavy atom. The van der Waals surface area contributed by atoms with E-state index in [-0.39, 0.29) is 5.92 Å². The fourth-order valence-electron chi connectivity index (χ4n) is 2.39. The van der Waals surface area contributed by atoms with Crippen molar-refractivity contribution in [1.82, 2.24) is 0 Å². The van der Waals surface area contributed by atoms with E-state index < -0.39 is 30.8 Å². The quantitative estimate of drug-likeness (QED) is 0.447. The van der Waals surface area contributed by atoms with Gasteiger partial charge in [-0.3, -0.25) is 4.79 Å².